The van der Waals surface area contributed by atoms with Gasteiger partial charge in [-0.15, -0.1) is 0 Å². The first-order chi connectivity index (χ1) is 15.1. The van der Waals surface area contributed by atoms with Gasteiger partial charge in [-0.3, -0.25) is 4.79 Å². The summed E-state index contributed by atoms with van der Waals surface area (Å²) in [6, 6.07) is 22.3. The first-order valence-electron chi connectivity index (χ1n) is 10.2. The zero-order valence-corrected chi connectivity index (χ0v) is 17.1. The van der Waals surface area contributed by atoms with Crippen molar-refractivity contribution in [1.82, 2.24) is 4.57 Å². The van der Waals surface area contributed by atoms with Gasteiger partial charge in [0.15, 0.2) is 11.6 Å². The number of ether oxygens (including phenoxy) is 1. The summed E-state index contributed by atoms with van der Waals surface area (Å²) in [5, 5.41) is 1.06. The molecule has 1 aliphatic heterocycles. The van der Waals surface area contributed by atoms with Crippen LogP contribution in [-0.2, 0) is 11.3 Å². The molecule has 1 aromatic heterocycles. The van der Waals surface area contributed by atoms with E-state index >= 15 is 0 Å². The van der Waals surface area contributed by atoms with Crippen LogP contribution in [0.4, 0.5) is 10.1 Å². The molecule has 0 saturated heterocycles. The predicted octanol–water partition coefficient (Wildman–Crippen LogP) is 5.38. The van der Waals surface area contributed by atoms with Crippen LogP contribution in [0.2, 0.25) is 0 Å². The van der Waals surface area contributed by atoms with Crippen molar-refractivity contribution in [1.29, 1.82) is 0 Å². The molecule has 0 aliphatic carbocycles. The van der Waals surface area contributed by atoms with E-state index in [1.165, 1.54) is 6.07 Å². The van der Waals surface area contributed by atoms with Crippen molar-refractivity contribution in [2.24, 2.45) is 0 Å². The second kappa shape index (κ2) is 7.76. The predicted molar refractivity (Wildman–Crippen MR) is 122 cm³/mol. The summed E-state index contributed by atoms with van der Waals surface area (Å²) in [6.45, 7) is 0.891. The van der Waals surface area contributed by atoms with Gasteiger partial charge in [-0.1, -0.05) is 48.5 Å². The van der Waals surface area contributed by atoms with Crippen LogP contribution in [0.1, 0.15) is 11.1 Å². The maximum Gasteiger partial charge on any atom is 0.258 e. The summed E-state index contributed by atoms with van der Waals surface area (Å²) >= 11 is 0. The number of benzene rings is 3. The first kappa shape index (κ1) is 19.1. The van der Waals surface area contributed by atoms with Crippen LogP contribution in [0.3, 0.4) is 0 Å². The van der Waals surface area contributed by atoms with Gasteiger partial charge in [0.25, 0.3) is 5.91 Å². The molecule has 154 valence electrons. The molecule has 0 spiro atoms. The average molecular weight is 412 g/mol. The maximum atomic E-state index is 13.8. The Bertz CT molecular complexity index is 1320. The molecular weight excluding hydrogens is 391 g/mol. The third-order valence-corrected chi connectivity index (χ3v) is 5.64. The lowest BCUT2D eigenvalue weighted by atomic mass is 10.0. The lowest BCUT2D eigenvalue weighted by Crippen LogP contribution is -2.20. The molecule has 1 amide bonds. The molecule has 1 aliphatic rings. The molecule has 3 aromatic carbocycles. The van der Waals surface area contributed by atoms with Gasteiger partial charge in [0.2, 0.25) is 0 Å². The molecule has 4 nitrogen and oxygen atoms in total. The standard InChI is InChI=1S/C26H21FN2O2/c1-28-23-11-5-3-9-20(23)21(26(28)30)16-18-17-29(24-12-6-2-8-19(18)24)14-15-31-25-13-7-4-10-22(25)27/h2-13,16-17H,14-15H2,1H3/b21-16+. The summed E-state index contributed by atoms with van der Waals surface area (Å²) in [5.74, 6) is -0.133. The van der Waals surface area contributed by atoms with Gasteiger partial charge in [-0.05, 0) is 30.3 Å². The van der Waals surface area contributed by atoms with E-state index in [0.29, 0.717) is 18.7 Å². The van der Waals surface area contributed by atoms with Gasteiger partial charge in [0.05, 0.1) is 12.2 Å². The molecule has 0 atom stereocenters. The number of para-hydroxylation sites is 3. The quantitative estimate of drug-likeness (QED) is 0.413. The Hall–Kier alpha value is -3.86. The number of hydrogen-bond acceptors (Lipinski definition) is 2. The molecule has 0 radical (unpaired) electrons. The second-order valence-electron chi connectivity index (χ2n) is 7.51. The number of aromatic nitrogens is 1. The van der Waals surface area contributed by atoms with Crippen LogP contribution in [0.25, 0.3) is 22.6 Å². The fourth-order valence-corrected chi connectivity index (χ4v) is 4.09. The van der Waals surface area contributed by atoms with E-state index < -0.39 is 0 Å². The Kier molecular flexibility index (Phi) is 4.79. The summed E-state index contributed by atoms with van der Waals surface area (Å²) in [4.78, 5) is 14.5. The van der Waals surface area contributed by atoms with E-state index in [1.54, 1.807) is 30.1 Å². The van der Waals surface area contributed by atoms with E-state index in [0.717, 1.165) is 27.7 Å². The number of fused-ring (bicyclic) bond motifs is 2. The van der Waals surface area contributed by atoms with Crippen LogP contribution < -0.4 is 9.64 Å². The largest absolute Gasteiger partial charge is 0.489 e. The third-order valence-electron chi connectivity index (χ3n) is 5.64. The number of anilines is 1. The summed E-state index contributed by atoms with van der Waals surface area (Å²) < 4.78 is 21.5. The molecule has 4 aromatic rings. The number of amides is 1. The Morgan fingerprint density at radius 2 is 1.71 bits per heavy atom. The van der Waals surface area contributed by atoms with Crippen molar-refractivity contribution in [3.63, 3.8) is 0 Å². The molecule has 5 heteroatoms. The topological polar surface area (TPSA) is 34.5 Å². The van der Waals surface area contributed by atoms with Crippen LogP contribution in [-0.4, -0.2) is 24.1 Å². The van der Waals surface area contributed by atoms with Crippen LogP contribution in [0, 0.1) is 5.82 Å². The second-order valence-corrected chi connectivity index (χ2v) is 7.51. The van der Waals surface area contributed by atoms with Crippen LogP contribution in [0.5, 0.6) is 5.75 Å². The molecule has 5 rings (SSSR count). The van der Waals surface area contributed by atoms with E-state index in [9.17, 15) is 9.18 Å². The molecule has 0 unspecified atom stereocenters. The minimum atomic E-state index is -0.368. The number of halogens is 1. The molecule has 0 saturated carbocycles. The van der Waals surface area contributed by atoms with Gasteiger partial charge in [0.1, 0.15) is 6.61 Å². The summed E-state index contributed by atoms with van der Waals surface area (Å²) in [5.41, 5.74) is 4.55. The van der Waals surface area contributed by atoms with Crippen molar-refractivity contribution in [3.8, 4) is 5.75 Å². The molecule has 31 heavy (non-hydrogen) atoms. The third kappa shape index (κ3) is 3.38. The Morgan fingerprint density at radius 1 is 0.968 bits per heavy atom. The number of hydrogen-bond donors (Lipinski definition) is 0. The highest BCUT2D eigenvalue weighted by Gasteiger charge is 2.29. The minimum absolute atomic E-state index is 0.0130. The van der Waals surface area contributed by atoms with Crippen molar-refractivity contribution < 1.29 is 13.9 Å². The highest BCUT2D eigenvalue weighted by atomic mass is 19.1. The Labute approximate surface area is 179 Å². The van der Waals surface area contributed by atoms with Crippen molar-refractivity contribution >= 4 is 34.1 Å². The highest BCUT2D eigenvalue weighted by Crippen LogP contribution is 2.37. The molecule has 0 N–H and O–H groups in total. The van der Waals surface area contributed by atoms with Gasteiger partial charge < -0.3 is 14.2 Å². The number of carbonyl (C=O) groups excluding carboxylic acids is 1. The van der Waals surface area contributed by atoms with Gasteiger partial charge >= 0.3 is 0 Å². The van der Waals surface area contributed by atoms with Crippen LogP contribution >= 0.6 is 0 Å². The summed E-state index contributed by atoms with van der Waals surface area (Å²) in [6.07, 6.45) is 3.98. The SMILES string of the molecule is CN1C(=O)/C(=C/c2cn(CCOc3ccccc3F)c3ccccc23)c2ccccc21. The minimum Gasteiger partial charge on any atom is -0.489 e. The van der Waals surface area contributed by atoms with Gasteiger partial charge in [-0.2, -0.15) is 0 Å². The maximum absolute atomic E-state index is 13.8. The van der Waals surface area contributed by atoms with E-state index in [2.05, 4.69) is 4.57 Å². The molecule has 0 fully saturated rings. The Morgan fingerprint density at radius 3 is 2.58 bits per heavy atom. The smallest absolute Gasteiger partial charge is 0.258 e. The molecule has 0 bridgehead atoms. The van der Waals surface area contributed by atoms with E-state index in [4.69, 9.17) is 4.74 Å². The number of carbonyl (C=O) groups is 1. The van der Waals surface area contributed by atoms with Gasteiger partial charge in [-0.25, -0.2) is 4.39 Å². The molecular formula is C26H21FN2O2. The Balaban J connectivity index is 1.48. The fraction of sp³-hybridized carbons (Fsp3) is 0.115. The highest BCUT2D eigenvalue weighted by molar-refractivity contribution is 6.36. The van der Waals surface area contributed by atoms with E-state index in [-0.39, 0.29) is 17.5 Å². The summed E-state index contributed by atoms with van der Waals surface area (Å²) in [7, 11) is 1.80. The van der Waals surface area contributed by atoms with E-state index in [1.807, 2.05) is 60.8 Å². The van der Waals surface area contributed by atoms with Crippen LogP contribution in [0.15, 0.2) is 79.0 Å². The van der Waals surface area contributed by atoms with Crippen molar-refractivity contribution in [3.05, 3.63) is 95.9 Å². The van der Waals surface area contributed by atoms with Gasteiger partial charge in [0, 0.05) is 40.8 Å². The molecule has 2 heterocycles. The fourth-order valence-electron chi connectivity index (χ4n) is 4.09. The zero-order chi connectivity index (χ0) is 21.4. The average Bonchev–Trinajstić information content (AvgIpc) is 3.26. The number of likely N-dealkylation sites (N-methyl/N-ethyl adjacent to an activating group) is 1. The first-order valence-corrected chi connectivity index (χ1v) is 10.2. The number of nitrogens with zero attached hydrogens (tertiary/aromatic N) is 2. The lowest BCUT2D eigenvalue weighted by molar-refractivity contribution is -0.112. The van der Waals surface area contributed by atoms with Crippen molar-refractivity contribution in [2.75, 3.05) is 18.6 Å². The monoisotopic (exact) mass is 412 g/mol. The normalized spacial score (nSPS) is 14.5. The lowest BCUT2D eigenvalue weighted by Gasteiger charge is -2.08. The zero-order valence-electron chi connectivity index (χ0n) is 17.1. The van der Waals surface area contributed by atoms with Crippen molar-refractivity contribution in [2.45, 2.75) is 6.54 Å². The number of rotatable bonds is 5.